The minimum Gasteiger partial charge on any atom is -1.00 e. The quantitative estimate of drug-likeness (QED) is 0.373. The molecule has 0 aliphatic carbocycles. The number of hydrogen-bond acceptors (Lipinski definition) is 1. The van der Waals surface area contributed by atoms with Crippen LogP contribution in [-0.4, -0.2) is 22.6 Å². The predicted octanol–water partition coefficient (Wildman–Crippen LogP) is -5.92. The van der Waals surface area contributed by atoms with Gasteiger partial charge in [-0.2, -0.15) is 0 Å². The maximum absolute atomic E-state index is 2.94. The molecule has 0 aliphatic heterocycles. The molecular formula is C3H8AlCl2N. The van der Waals surface area contributed by atoms with E-state index in [0.29, 0.717) is 6.04 Å². The second-order valence-corrected chi connectivity index (χ2v) is 1.65. The van der Waals surface area contributed by atoms with Crippen molar-refractivity contribution in [2.75, 3.05) is 0 Å². The first-order valence-electron chi connectivity index (χ1n) is 1.73. The van der Waals surface area contributed by atoms with Crippen LogP contribution < -0.4 is 29.1 Å². The summed E-state index contributed by atoms with van der Waals surface area (Å²) in [7, 11) is 0. The van der Waals surface area contributed by atoms with Crippen molar-refractivity contribution in [3.8, 4) is 0 Å². The van der Waals surface area contributed by atoms with Gasteiger partial charge in [0.1, 0.15) is 0 Å². The molecule has 1 N–H and O–H groups in total. The van der Waals surface area contributed by atoms with E-state index >= 15 is 0 Å². The zero-order chi connectivity index (χ0) is 4.28. The Labute approximate surface area is 65.7 Å². The van der Waals surface area contributed by atoms with Crippen molar-refractivity contribution in [3.05, 3.63) is 0 Å². The summed E-state index contributed by atoms with van der Waals surface area (Å²) >= 11 is 2.44. The molecule has 0 spiro atoms. The summed E-state index contributed by atoms with van der Waals surface area (Å²) in [5, 5.41) is 0. The number of rotatable bonds is 1. The monoisotopic (exact) mass is 155 g/mol. The standard InChI is InChI=1S/C3H8N.Al.2ClH/c1-3(2)4;;;/h3-4H,1-2H3;;2*1H/q-1;+3;;/p-2. The maximum atomic E-state index is 2.94. The summed E-state index contributed by atoms with van der Waals surface area (Å²) < 4.78 is 2.94. The number of halogens is 2. The summed E-state index contributed by atoms with van der Waals surface area (Å²) in [6, 6.07) is 0.597. The van der Waals surface area contributed by atoms with E-state index in [0.717, 1.165) is 0 Å². The molecule has 0 rings (SSSR count). The Hall–Kier alpha value is 1.07. The molecule has 0 aromatic heterocycles. The van der Waals surface area contributed by atoms with Crippen LogP contribution in [-0.2, 0) is 0 Å². The first kappa shape index (κ1) is 15.7. The fraction of sp³-hybridized carbons (Fsp3) is 1.00. The van der Waals surface area contributed by atoms with Crippen LogP contribution in [0.3, 0.4) is 0 Å². The summed E-state index contributed by atoms with van der Waals surface area (Å²) in [6.07, 6.45) is 0. The Morgan fingerprint density at radius 3 is 1.43 bits per heavy atom. The Balaban J connectivity index is -0.0000000800. The molecule has 0 fully saturated rings. The fourth-order valence-corrected chi connectivity index (χ4v) is 0. The Kier molecular flexibility index (Phi) is 22.7. The molecule has 0 aromatic carbocycles. The van der Waals surface area contributed by atoms with Gasteiger partial charge in [0.25, 0.3) is 0 Å². The molecule has 0 atom stereocenters. The number of hydrogen-bond donors (Lipinski definition) is 1. The van der Waals surface area contributed by atoms with Crippen molar-refractivity contribution in [2.24, 2.45) is 0 Å². The third-order valence-electron chi connectivity index (χ3n) is 0.333. The molecule has 7 heavy (non-hydrogen) atoms. The molecule has 0 aromatic rings. The average Bonchev–Trinajstić information content (AvgIpc) is 1.38. The van der Waals surface area contributed by atoms with E-state index in [1.54, 1.807) is 0 Å². The van der Waals surface area contributed by atoms with E-state index < -0.39 is 0 Å². The van der Waals surface area contributed by atoms with Crippen molar-refractivity contribution >= 4 is 16.5 Å². The molecule has 42 valence electrons. The van der Waals surface area contributed by atoms with Gasteiger partial charge in [0.15, 0.2) is 0 Å². The van der Waals surface area contributed by atoms with Gasteiger partial charge in [-0.25, -0.2) is 0 Å². The van der Waals surface area contributed by atoms with Crippen molar-refractivity contribution in [2.45, 2.75) is 19.9 Å². The second kappa shape index (κ2) is 10.1. The first-order chi connectivity index (χ1) is 2.27. The Bertz CT molecular complexity index is 26.9. The van der Waals surface area contributed by atoms with Crippen LogP contribution in [0.15, 0.2) is 0 Å². The van der Waals surface area contributed by atoms with Gasteiger partial charge in [-0.15, -0.1) is 0 Å². The molecule has 0 amide bonds. The molecule has 1 nitrogen and oxygen atoms in total. The van der Waals surface area contributed by atoms with E-state index in [-0.39, 0.29) is 24.8 Å². The normalized spacial score (nSPS) is 7.00. The number of nitrogens with one attached hydrogen (secondary N) is 1. The van der Waals surface area contributed by atoms with Crippen LogP contribution in [0.2, 0.25) is 0 Å². The summed E-state index contributed by atoms with van der Waals surface area (Å²) in [5.74, 6) is 0. The van der Waals surface area contributed by atoms with Gasteiger partial charge < -0.3 is 24.8 Å². The Morgan fingerprint density at radius 2 is 1.43 bits per heavy atom. The van der Waals surface area contributed by atoms with Crippen molar-refractivity contribution in [3.63, 3.8) is 0 Å². The third kappa shape index (κ3) is 19.3. The summed E-state index contributed by atoms with van der Waals surface area (Å²) in [4.78, 5) is 0. The SMILES string of the molecule is CC(C)[NH][Al+2].[Cl-].[Cl-]. The van der Waals surface area contributed by atoms with Gasteiger partial charge in [-0.3, -0.25) is 0 Å². The topological polar surface area (TPSA) is 12.0 Å². The smallest absolute Gasteiger partial charge is 1.00 e. The second-order valence-electron chi connectivity index (χ2n) is 1.32. The van der Waals surface area contributed by atoms with Crippen LogP contribution in [0.25, 0.3) is 0 Å². The van der Waals surface area contributed by atoms with Crippen molar-refractivity contribution in [1.82, 2.24) is 4.30 Å². The first-order valence-corrected chi connectivity index (χ1v) is 2.31. The molecule has 0 bridgehead atoms. The van der Waals surface area contributed by atoms with Gasteiger partial charge in [-0.05, 0) is 0 Å². The zero-order valence-electron chi connectivity index (χ0n) is 4.41. The van der Waals surface area contributed by atoms with E-state index in [4.69, 9.17) is 0 Å². The third-order valence-corrected chi connectivity index (χ3v) is 1.00. The summed E-state index contributed by atoms with van der Waals surface area (Å²) in [6.45, 7) is 4.18. The van der Waals surface area contributed by atoms with Gasteiger partial charge >= 0.3 is 40.7 Å². The largest absolute Gasteiger partial charge is 1.00 e. The molecule has 0 heterocycles. The minimum absolute atomic E-state index is 0. The van der Waals surface area contributed by atoms with Crippen LogP contribution in [0, 0.1) is 0 Å². The van der Waals surface area contributed by atoms with E-state index in [1.807, 2.05) is 0 Å². The average molecular weight is 156 g/mol. The van der Waals surface area contributed by atoms with E-state index in [1.165, 1.54) is 0 Å². The molecule has 0 saturated heterocycles. The van der Waals surface area contributed by atoms with Crippen molar-refractivity contribution < 1.29 is 24.8 Å². The van der Waals surface area contributed by atoms with Crippen molar-refractivity contribution in [1.29, 1.82) is 0 Å². The molecule has 0 radical (unpaired) electrons. The van der Waals surface area contributed by atoms with Gasteiger partial charge in [0.05, 0.1) is 0 Å². The molecule has 0 aliphatic rings. The van der Waals surface area contributed by atoms with Gasteiger partial charge in [-0.1, -0.05) is 0 Å². The molecular weight excluding hydrogens is 148 g/mol. The van der Waals surface area contributed by atoms with Crippen LogP contribution in [0.1, 0.15) is 13.8 Å². The summed E-state index contributed by atoms with van der Waals surface area (Å²) in [5.41, 5.74) is 0. The molecule has 4 heteroatoms. The Morgan fingerprint density at radius 1 is 1.29 bits per heavy atom. The van der Waals surface area contributed by atoms with Crippen LogP contribution in [0.4, 0.5) is 0 Å². The van der Waals surface area contributed by atoms with E-state index in [2.05, 4.69) is 34.7 Å². The molecule has 0 saturated carbocycles. The molecule has 0 unspecified atom stereocenters. The predicted molar refractivity (Wildman–Crippen MR) is 24.0 cm³/mol. The fourth-order valence-electron chi connectivity index (χ4n) is 0. The van der Waals surface area contributed by atoms with E-state index in [9.17, 15) is 0 Å². The van der Waals surface area contributed by atoms with Gasteiger partial charge in [0, 0.05) is 0 Å². The van der Waals surface area contributed by atoms with Crippen LogP contribution >= 0.6 is 0 Å². The minimum atomic E-state index is 0. The van der Waals surface area contributed by atoms with Gasteiger partial charge in [0.2, 0.25) is 0 Å². The maximum Gasteiger partial charge on any atom is -1.00 e. The van der Waals surface area contributed by atoms with Crippen LogP contribution in [0.5, 0.6) is 0 Å². The zero-order valence-corrected chi connectivity index (χ0v) is 7.08.